The number of halogens is 1. The zero-order valence-corrected chi connectivity index (χ0v) is 11.4. The van der Waals surface area contributed by atoms with Crippen LogP contribution in [0.2, 0.25) is 0 Å². The van der Waals surface area contributed by atoms with Gasteiger partial charge in [-0.2, -0.15) is 0 Å². The monoisotopic (exact) mass is 252 g/mol. The molecule has 0 spiro atoms. The van der Waals surface area contributed by atoms with Gasteiger partial charge in [0.25, 0.3) is 0 Å². The molecule has 1 atom stereocenters. The normalized spacial score (nSPS) is 12.6. The van der Waals surface area contributed by atoms with Crippen LogP contribution in [0.25, 0.3) is 0 Å². The average molecular weight is 252 g/mol. The molecule has 0 fully saturated rings. The first kappa shape index (κ1) is 14.6. The Bertz CT molecular complexity index is 420. The molecule has 0 radical (unpaired) electrons. The highest BCUT2D eigenvalue weighted by Gasteiger charge is 2.16. The Morgan fingerprint density at radius 2 is 1.83 bits per heavy atom. The van der Waals surface area contributed by atoms with E-state index in [1.54, 1.807) is 26.0 Å². The van der Waals surface area contributed by atoms with Gasteiger partial charge in [0.2, 0.25) is 5.91 Å². The van der Waals surface area contributed by atoms with E-state index < -0.39 is 6.04 Å². The van der Waals surface area contributed by atoms with Gasteiger partial charge in [-0.1, -0.05) is 26.0 Å². The highest BCUT2D eigenvalue weighted by atomic mass is 19.1. The molecule has 0 aromatic heterocycles. The Labute approximate surface area is 108 Å². The predicted octanol–water partition coefficient (Wildman–Crippen LogP) is 2.04. The number of carbonyl (C=O) groups is 1. The van der Waals surface area contributed by atoms with E-state index in [9.17, 15) is 9.18 Å². The van der Waals surface area contributed by atoms with Crippen LogP contribution >= 0.6 is 0 Å². The summed E-state index contributed by atoms with van der Waals surface area (Å²) in [5, 5.41) is 2.77. The second kappa shape index (κ2) is 5.96. The number of carbonyl (C=O) groups excluding carboxylic acids is 1. The third-order valence-electron chi connectivity index (χ3n) is 2.98. The van der Waals surface area contributed by atoms with Crippen molar-refractivity contribution >= 4 is 5.91 Å². The van der Waals surface area contributed by atoms with Crippen LogP contribution in [0.15, 0.2) is 12.1 Å². The number of benzene rings is 1. The second-order valence-corrected chi connectivity index (χ2v) is 5.03. The largest absolute Gasteiger partial charge is 0.351 e. The van der Waals surface area contributed by atoms with Crippen LogP contribution in [-0.2, 0) is 11.3 Å². The van der Waals surface area contributed by atoms with Gasteiger partial charge in [-0.05, 0) is 36.5 Å². The lowest BCUT2D eigenvalue weighted by atomic mass is 10.0. The van der Waals surface area contributed by atoms with Crippen LogP contribution in [0.5, 0.6) is 0 Å². The number of hydrogen-bond donors (Lipinski definition) is 2. The lowest BCUT2D eigenvalue weighted by molar-refractivity contribution is -0.123. The highest BCUT2D eigenvalue weighted by molar-refractivity contribution is 5.81. The number of nitrogens with one attached hydrogen (secondary N) is 1. The SMILES string of the molecule is Cc1cc(CNC(=O)[C@@H](N)C(C)C)cc(C)c1F. The van der Waals surface area contributed by atoms with Crippen molar-refractivity contribution in [2.45, 2.75) is 40.3 Å². The van der Waals surface area contributed by atoms with Crippen LogP contribution in [0.4, 0.5) is 4.39 Å². The Hall–Kier alpha value is -1.42. The molecule has 1 aromatic carbocycles. The highest BCUT2D eigenvalue weighted by Crippen LogP contribution is 2.14. The summed E-state index contributed by atoms with van der Waals surface area (Å²) in [6, 6.07) is 2.97. The number of hydrogen-bond acceptors (Lipinski definition) is 2. The van der Waals surface area contributed by atoms with Crippen molar-refractivity contribution in [1.29, 1.82) is 0 Å². The summed E-state index contributed by atoms with van der Waals surface area (Å²) >= 11 is 0. The van der Waals surface area contributed by atoms with Crippen molar-refractivity contribution in [1.82, 2.24) is 5.32 Å². The van der Waals surface area contributed by atoms with Crippen molar-refractivity contribution in [2.75, 3.05) is 0 Å². The average Bonchev–Trinajstić information content (AvgIpc) is 2.31. The molecule has 0 aliphatic carbocycles. The first-order valence-corrected chi connectivity index (χ1v) is 6.11. The minimum atomic E-state index is -0.507. The van der Waals surface area contributed by atoms with E-state index in [-0.39, 0.29) is 17.6 Å². The quantitative estimate of drug-likeness (QED) is 0.861. The van der Waals surface area contributed by atoms with Crippen molar-refractivity contribution in [3.63, 3.8) is 0 Å². The standard InChI is InChI=1S/C14H21FN2O/c1-8(2)13(16)14(18)17-7-11-5-9(3)12(15)10(4)6-11/h5-6,8,13H,7,16H2,1-4H3,(H,17,18)/t13-/m0/s1. The first-order valence-electron chi connectivity index (χ1n) is 6.11. The van der Waals surface area contributed by atoms with Crippen molar-refractivity contribution in [2.24, 2.45) is 11.7 Å². The van der Waals surface area contributed by atoms with Crippen molar-refractivity contribution in [3.05, 3.63) is 34.6 Å². The zero-order valence-electron chi connectivity index (χ0n) is 11.4. The van der Waals surface area contributed by atoms with Crippen LogP contribution < -0.4 is 11.1 Å². The number of nitrogens with two attached hydrogens (primary N) is 1. The molecule has 100 valence electrons. The summed E-state index contributed by atoms with van der Waals surface area (Å²) in [6.07, 6.45) is 0. The molecule has 4 heteroatoms. The van der Waals surface area contributed by atoms with E-state index >= 15 is 0 Å². The predicted molar refractivity (Wildman–Crippen MR) is 70.5 cm³/mol. The Morgan fingerprint density at radius 3 is 2.28 bits per heavy atom. The second-order valence-electron chi connectivity index (χ2n) is 5.03. The van der Waals surface area contributed by atoms with Gasteiger partial charge in [0.15, 0.2) is 0 Å². The molecule has 1 aromatic rings. The fourth-order valence-electron chi connectivity index (χ4n) is 1.75. The van der Waals surface area contributed by atoms with Gasteiger partial charge in [0.1, 0.15) is 5.82 Å². The molecule has 0 saturated carbocycles. The maximum Gasteiger partial charge on any atom is 0.237 e. The third-order valence-corrected chi connectivity index (χ3v) is 2.98. The Kier molecular flexibility index (Phi) is 4.84. The van der Waals surface area contributed by atoms with Gasteiger partial charge >= 0.3 is 0 Å². The fourth-order valence-corrected chi connectivity index (χ4v) is 1.75. The topological polar surface area (TPSA) is 55.1 Å². The lowest BCUT2D eigenvalue weighted by Gasteiger charge is -2.15. The molecule has 3 N–H and O–H groups in total. The maximum absolute atomic E-state index is 13.4. The maximum atomic E-state index is 13.4. The van der Waals surface area contributed by atoms with E-state index in [4.69, 9.17) is 5.73 Å². The number of aryl methyl sites for hydroxylation is 2. The fraction of sp³-hybridized carbons (Fsp3) is 0.500. The Balaban J connectivity index is 2.67. The lowest BCUT2D eigenvalue weighted by Crippen LogP contribution is -2.43. The van der Waals surface area contributed by atoms with Gasteiger partial charge in [-0.25, -0.2) is 4.39 Å². The summed E-state index contributed by atoms with van der Waals surface area (Å²) in [7, 11) is 0. The van der Waals surface area contributed by atoms with Crippen LogP contribution in [-0.4, -0.2) is 11.9 Å². The summed E-state index contributed by atoms with van der Waals surface area (Å²) in [6.45, 7) is 7.61. The van der Waals surface area contributed by atoms with Gasteiger partial charge < -0.3 is 11.1 Å². The minimum absolute atomic E-state index is 0.0988. The molecule has 18 heavy (non-hydrogen) atoms. The van der Waals surface area contributed by atoms with E-state index in [1.807, 2.05) is 13.8 Å². The number of amides is 1. The van der Waals surface area contributed by atoms with Gasteiger partial charge in [-0.15, -0.1) is 0 Å². The molecule has 3 nitrogen and oxygen atoms in total. The van der Waals surface area contributed by atoms with E-state index in [0.29, 0.717) is 17.7 Å². The molecule has 0 bridgehead atoms. The minimum Gasteiger partial charge on any atom is -0.351 e. The molecule has 0 unspecified atom stereocenters. The molecule has 1 amide bonds. The molecule has 0 aliphatic rings. The Morgan fingerprint density at radius 1 is 1.33 bits per heavy atom. The van der Waals surface area contributed by atoms with Crippen LogP contribution in [0.1, 0.15) is 30.5 Å². The number of rotatable bonds is 4. The zero-order chi connectivity index (χ0) is 13.9. The summed E-state index contributed by atoms with van der Waals surface area (Å²) in [5.41, 5.74) is 7.80. The smallest absolute Gasteiger partial charge is 0.237 e. The van der Waals surface area contributed by atoms with Crippen molar-refractivity contribution < 1.29 is 9.18 Å². The summed E-state index contributed by atoms with van der Waals surface area (Å²) < 4.78 is 13.4. The first-order chi connectivity index (χ1) is 8.32. The molecule has 1 rings (SSSR count). The van der Waals surface area contributed by atoms with E-state index in [0.717, 1.165) is 5.56 Å². The summed E-state index contributed by atoms with van der Waals surface area (Å²) in [4.78, 5) is 11.7. The third kappa shape index (κ3) is 3.53. The molecular weight excluding hydrogens is 231 g/mol. The molecule has 0 saturated heterocycles. The van der Waals surface area contributed by atoms with Gasteiger partial charge in [0.05, 0.1) is 6.04 Å². The summed E-state index contributed by atoms with van der Waals surface area (Å²) in [5.74, 6) is -0.268. The van der Waals surface area contributed by atoms with Crippen LogP contribution in [0.3, 0.4) is 0 Å². The van der Waals surface area contributed by atoms with Crippen molar-refractivity contribution in [3.8, 4) is 0 Å². The van der Waals surface area contributed by atoms with Gasteiger partial charge in [0, 0.05) is 6.54 Å². The van der Waals surface area contributed by atoms with E-state index in [1.165, 1.54) is 0 Å². The van der Waals surface area contributed by atoms with Gasteiger partial charge in [-0.3, -0.25) is 4.79 Å². The molecule has 0 heterocycles. The van der Waals surface area contributed by atoms with E-state index in [2.05, 4.69) is 5.32 Å². The van der Waals surface area contributed by atoms with Crippen LogP contribution in [0, 0.1) is 25.6 Å². The molecule has 0 aliphatic heterocycles. The molecular formula is C14H21FN2O.